The summed E-state index contributed by atoms with van der Waals surface area (Å²) in [4.78, 5) is 16.9. The zero-order valence-corrected chi connectivity index (χ0v) is 12.2. The molecule has 1 saturated carbocycles. The van der Waals surface area contributed by atoms with Crippen LogP contribution in [0.3, 0.4) is 0 Å². The summed E-state index contributed by atoms with van der Waals surface area (Å²) in [5.74, 6) is -0.0848. The van der Waals surface area contributed by atoms with Gasteiger partial charge in [0.1, 0.15) is 5.69 Å². The Morgan fingerprint density at radius 2 is 2.05 bits per heavy atom. The maximum Gasteiger partial charge on any atom is 0.259 e. The van der Waals surface area contributed by atoms with Crippen LogP contribution in [0.2, 0.25) is 0 Å². The number of aryl methyl sites for hydroxylation is 1. The van der Waals surface area contributed by atoms with Crippen molar-refractivity contribution in [2.45, 2.75) is 25.8 Å². The lowest BCUT2D eigenvalue weighted by Gasteiger charge is -2.06. The molecule has 0 unspecified atom stereocenters. The first kappa shape index (κ1) is 13.0. The quantitative estimate of drug-likeness (QED) is 0.805. The fraction of sp³-hybridized carbons (Fsp3) is 0.235. The fourth-order valence-electron chi connectivity index (χ4n) is 2.54. The summed E-state index contributed by atoms with van der Waals surface area (Å²) in [5, 5.41) is 7.82. The Hall–Kier alpha value is -2.69. The SMILES string of the molecule is Cc1cc(C(=O)NC2CC2)c2c(-c3ccccc3)noc2n1. The Balaban J connectivity index is 1.90. The van der Waals surface area contributed by atoms with E-state index in [0.29, 0.717) is 28.4 Å². The van der Waals surface area contributed by atoms with Crippen LogP contribution in [0.25, 0.3) is 22.4 Å². The number of carbonyl (C=O) groups excluding carboxylic acids is 1. The predicted octanol–water partition coefficient (Wildman–Crippen LogP) is 3.09. The van der Waals surface area contributed by atoms with Crippen molar-refractivity contribution in [1.82, 2.24) is 15.5 Å². The van der Waals surface area contributed by atoms with Crippen molar-refractivity contribution in [3.63, 3.8) is 0 Å². The summed E-state index contributed by atoms with van der Waals surface area (Å²) in [7, 11) is 0. The van der Waals surface area contributed by atoms with Gasteiger partial charge in [-0.2, -0.15) is 0 Å². The van der Waals surface area contributed by atoms with Crippen LogP contribution in [0.1, 0.15) is 28.9 Å². The van der Waals surface area contributed by atoms with Crippen LogP contribution in [0.5, 0.6) is 0 Å². The maximum absolute atomic E-state index is 12.5. The molecular weight excluding hydrogens is 278 g/mol. The van der Waals surface area contributed by atoms with Gasteiger partial charge in [-0.3, -0.25) is 4.79 Å². The summed E-state index contributed by atoms with van der Waals surface area (Å²) >= 11 is 0. The second-order valence-corrected chi connectivity index (χ2v) is 5.64. The van der Waals surface area contributed by atoms with Crippen molar-refractivity contribution in [3.05, 3.63) is 47.7 Å². The summed E-state index contributed by atoms with van der Waals surface area (Å²) in [6, 6.07) is 11.8. The molecule has 1 aromatic carbocycles. The molecule has 3 aromatic rings. The average molecular weight is 293 g/mol. The van der Waals surface area contributed by atoms with Gasteiger partial charge in [0.15, 0.2) is 0 Å². The standard InChI is InChI=1S/C17H15N3O2/c1-10-9-13(16(21)19-12-7-8-12)14-15(20-22-17(14)18-10)11-5-3-2-4-6-11/h2-6,9,12H,7-8H2,1H3,(H,19,21). The van der Waals surface area contributed by atoms with E-state index in [4.69, 9.17) is 4.52 Å². The fourth-order valence-corrected chi connectivity index (χ4v) is 2.54. The van der Waals surface area contributed by atoms with Crippen molar-refractivity contribution < 1.29 is 9.32 Å². The van der Waals surface area contributed by atoms with Gasteiger partial charge in [-0.25, -0.2) is 4.98 Å². The van der Waals surface area contributed by atoms with Crippen molar-refractivity contribution >= 4 is 17.0 Å². The lowest BCUT2D eigenvalue weighted by Crippen LogP contribution is -2.25. The Morgan fingerprint density at radius 1 is 1.27 bits per heavy atom. The van der Waals surface area contributed by atoms with E-state index in [-0.39, 0.29) is 5.91 Å². The highest BCUT2D eigenvalue weighted by atomic mass is 16.5. The van der Waals surface area contributed by atoms with Gasteiger partial charge in [0.25, 0.3) is 11.6 Å². The summed E-state index contributed by atoms with van der Waals surface area (Å²) < 4.78 is 5.35. The normalized spacial score (nSPS) is 14.2. The molecule has 5 nitrogen and oxygen atoms in total. The zero-order chi connectivity index (χ0) is 15.1. The number of rotatable bonds is 3. The lowest BCUT2D eigenvalue weighted by molar-refractivity contribution is 0.0952. The zero-order valence-electron chi connectivity index (χ0n) is 12.2. The molecule has 1 fully saturated rings. The molecule has 0 spiro atoms. The van der Waals surface area contributed by atoms with E-state index in [1.54, 1.807) is 6.07 Å². The molecule has 0 bridgehead atoms. The van der Waals surface area contributed by atoms with Gasteiger partial charge < -0.3 is 9.84 Å². The largest absolute Gasteiger partial charge is 0.349 e. The van der Waals surface area contributed by atoms with Crippen molar-refractivity contribution in [2.75, 3.05) is 0 Å². The highest BCUT2D eigenvalue weighted by Gasteiger charge is 2.26. The van der Waals surface area contributed by atoms with Crippen molar-refractivity contribution in [1.29, 1.82) is 0 Å². The molecule has 22 heavy (non-hydrogen) atoms. The number of amides is 1. The molecule has 1 aliphatic carbocycles. The summed E-state index contributed by atoms with van der Waals surface area (Å²) in [6.45, 7) is 1.85. The third-order valence-corrected chi connectivity index (χ3v) is 3.78. The first-order chi connectivity index (χ1) is 10.7. The lowest BCUT2D eigenvalue weighted by atomic mass is 10.0. The molecule has 5 heteroatoms. The van der Waals surface area contributed by atoms with E-state index in [0.717, 1.165) is 24.1 Å². The molecule has 110 valence electrons. The summed E-state index contributed by atoms with van der Waals surface area (Å²) in [6.07, 6.45) is 2.10. The molecule has 1 amide bonds. The van der Waals surface area contributed by atoms with E-state index < -0.39 is 0 Å². The topological polar surface area (TPSA) is 68.0 Å². The van der Waals surface area contributed by atoms with Gasteiger partial charge in [-0.1, -0.05) is 35.5 Å². The molecule has 4 rings (SSSR count). The average Bonchev–Trinajstić information content (AvgIpc) is 3.24. The Bertz CT molecular complexity index is 851. The monoisotopic (exact) mass is 293 g/mol. The van der Waals surface area contributed by atoms with Crippen LogP contribution in [0, 0.1) is 6.92 Å². The van der Waals surface area contributed by atoms with Crippen LogP contribution in [0.4, 0.5) is 0 Å². The number of hydrogen-bond donors (Lipinski definition) is 1. The second kappa shape index (κ2) is 4.94. The molecule has 0 atom stereocenters. The molecular formula is C17H15N3O2. The minimum Gasteiger partial charge on any atom is -0.349 e. The van der Waals surface area contributed by atoms with Gasteiger partial charge >= 0.3 is 0 Å². The smallest absolute Gasteiger partial charge is 0.259 e. The number of pyridine rings is 1. The van der Waals surface area contributed by atoms with E-state index in [1.165, 1.54) is 0 Å². The van der Waals surface area contributed by atoms with Crippen LogP contribution < -0.4 is 5.32 Å². The minimum atomic E-state index is -0.0848. The number of carbonyl (C=O) groups is 1. The predicted molar refractivity (Wildman–Crippen MR) is 82.5 cm³/mol. The third kappa shape index (κ3) is 2.24. The maximum atomic E-state index is 12.5. The minimum absolute atomic E-state index is 0.0848. The number of nitrogens with zero attached hydrogens (tertiary/aromatic N) is 2. The summed E-state index contributed by atoms with van der Waals surface area (Å²) in [5.41, 5.74) is 3.29. The van der Waals surface area contributed by atoms with Crippen molar-refractivity contribution in [3.8, 4) is 11.3 Å². The highest BCUT2D eigenvalue weighted by molar-refractivity contribution is 6.09. The first-order valence-corrected chi connectivity index (χ1v) is 7.35. The number of benzene rings is 1. The molecule has 0 saturated heterocycles. The third-order valence-electron chi connectivity index (χ3n) is 3.78. The Labute approximate surface area is 127 Å². The van der Waals surface area contributed by atoms with Gasteiger partial charge in [0, 0.05) is 17.3 Å². The van der Waals surface area contributed by atoms with E-state index in [2.05, 4.69) is 15.5 Å². The second-order valence-electron chi connectivity index (χ2n) is 5.64. The van der Waals surface area contributed by atoms with E-state index >= 15 is 0 Å². The van der Waals surface area contributed by atoms with Gasteiger partial charge in [0.2, 0.25) is 0 Å². The highest BCUT2D eigenvalue weighted by Crippen LogP contribution is 2.30. The first-order valence-electron chi connectivity index (χ1n) is 7.35. The van der Waals surface area contributed by atoms with Crippen LogP contribution in [-0.4, -0.2) is 22.1 Å². The number of aromatic nitrogens is 2. The number of hydrogen-bond acceptors (Lipinski definition) is 4. The van der Waals surface area contributed by atoms with Gasteiger partial charge in [0.05, 0.1) is 10.9 Å². The molecule has 1 N–H and O–H groups in total. The molecule has 2 heterocycles. The number of fused-ring (bicyclic) bond motifs is 1. The van der Waals surface area contributed by atoms with Gasteiger partial charge in [-0.15, -0.1) is 0 Å². The van der Waals surface area contributed by atoms with E-state index in [9.17, 15) is 4.79 Å². The molecule has 0 radical (unpaired) electrons. The van der Waals surface area contributed by atoms with Crippen LogP contribution >= 0.6 is 0 Å². The Morgan fingerprint density at radius 3 is 2.77 bits per heavy atom. The van der Waals surface area contributed by atoms with Gasteiger partial charge in [-0.05, 0) is 25.8 Å². The van der Waals surface area contributed by atoms with Crippen LogP contribution in [0.15, 0.2) is 40.9 Å². The number of nitrogens with one attached hydrogen (secondary N) is 1. The molecule has 1 aliphatic rings. The molecule has 2 aromatic heterocycles. The van der Waals surface area contributed by atoms with Crippen LogP contribution in [-0.2, 0) is 0 Å². The Kier molecular flexibility index (Phi) is 2.92. The van der Waals surface area contributed by atoms with E-state index in [1.807, 2.05) is 37.3 Å². The molecule has 0 aliphatic heterocycles. The van der Waals surface area contributed by atoms with Crippen molar-refractivity contribution in [2.24, 2.45) is 0 Å².